The Morgan fingerprint density at radius 2 is 2.07 bits per heavy atom. The Balaban J connectivity index is 2.44. The van der Waals surface area contributed by atoms with Crippen LogP contribution in [0.5, 0.6) is 5.75 Å². The number of rotatable bonds is 6. The summed E-state index contributed by atoms with van der Waals surface area (Å²) >= 11 is 0. The molecule has 0 atom stereocenters. The Morgan fingerprint density at radius 1 is 1.29 bits per heavy atom. The van der Waals surface area contributed by atoms with Gasteiger partial charge in [0.1, 0.15) is 5.75 Å². The number of benzene rings is 1. The van der Waals surface area contributed by atoms with Crippen molar-refractivity contribution in [1.29, 1.82) is 0 Å². The largest absolute Gasteiger partial charge is 0.496 e. The number of para-hydroxylation sites is 1. The van der Waals surface area contributed by atoms with Gasteiger partial charge in [0.15, 0.2) is 0 Å². The van der Waals surface area contributed by atoms with E-state index in [1.165, 1.54) is 18.4 Å². The molecule has 0 saturated carbocycles. The van der Waals surface area contributed by atoms with E-state index in [9.17, 15) is 0 Å². The Bertz CT molecular complexity index is 278. The molecule has 1 aromatic rings. The van der Waals surface area contributed by atoms with E-state index in [0.29, 0.717) is 0 Å². The third kappa shape index (κ3) is 3.25. The van der Waals surface area contributed by atoms with Gasteiger partial charge in [-0.2, -0.15) is 0 Å². The van der Waals surface area contributed by atoms with Gasteiger partial charge in [0.25, 0.3) is 0 Å². The lowest BCUT2D eigenvalue weighted by Crippen LogP contribution is -1.91. The van der Waals surface area contributed by atoms with Gasteiger partial charge in [0.2, 0.25) is 0 Å². The molecule has 0 bridgehead atoms. The Kier molecular flexibility index (Phi) is 4.84. The molecule has 0 aromatic heterocycles. The van der Waals surface area contributed by atoms with E-state index in [1.807, 2.05) is 18.2 Å². The maximum Gasteiger partial charge on any atom is 0.122 e. The molecule has 0 fully saturated rings. The van der Waals surface area contributed by atoms with Crippen molar-refractivity contribution in [3.8, 4) is 5.75 Å². The molecular formula is C13H18O. The summed E-state index contributed by atoms with van der Waals surface area (Å²) < 4.78 is 5.28. The fraction of sp³-hybridized carbons (Fsp3) is 0.385. The zero-order valence-electron chi connectivity index (χ0n) is 8.83. The van der Waals surface area contributed by atoms with E-state index in [1.54, 1.807) is 7.11 Å². The van der Waals surface area contributed by atoms with Crippen molar-refractivity contribution in [2.45, 2.75) is 25.7 Å². The molecule has 0 aliphatic rings. The molecule has 1 heteroatoms. The van der Waals surface area contributed by atoms with E-state index < -0.39 is 0 Å². The fourth-order valence-electron chi connectivity index (χ4n) is 1.51. The van der Waals surface area contributed by atoms with E-state index in [2.05, 4.69) is 18.7 Å². The third-order valence-corrected chi connectivity index (χ3v) is 2.30. The van der Waals surface area contributed by atoms with Crippen LogP contribution < -0.4 is 4.74 Å². The maximum absolute atomic E-state index is 5.28. The third-order valence-electron chi connectivity index (χ3n) is 2.30. The summed E-state index contributed by atoms with van der Waals surface area (Å²) in [6, 6.07) is 8.22. The van der Waals surface area contributed by atoms with Crippen molar-refractivity contribution < 1.29 is 4.74 Å². The van der Waals surface area contributed by atoms with Crippen LogP contribution >= 0.6 is 0 Å². The SMILES string of the molecule is C=CCCCCc1ccccc1OC. The molecular weight excluding hydrogens is 172 g/mol. The highest BCUT2D eigenvalue weighted by atomic mass is 16.5. The average Bonchev–Trinajstić information content (AvgIpc) is 2.25. The topological polar surface area (TPSA) is 9.23 Å². The van der Waals surface area contributed by atoms with Crippen LogP contribution in [-0.4, -0.2) is 7.11 Å². The Labute approximate surface area is 86.4 Å². The molecule has 0 unspecified atom stereocenters. The molecule has 0 aliphatic carbocycles. The summed E-state index contributed by atoms with van der Waals surface area (Å²) in [5.74, 6) is 1.01. The first-order valence-electron chi connectivity index (χ1n) is 5.11. The first-order valence-corrected chi connectivity index (χ1v) is 5.11. The predicted octanol–water partition coefficient (Wildman–Crippen LogP) is 3.59. The number of hydrogen-bond acceptors (Lipinski definition) is 1. The molecule has 1 aromatic carbocycles. The molecule has 14 heavy (non-hydrogen) atoms. The van der Waals surface area contributed by atoms with E-state index >= 15 is 0 Å². The van der Waals surface area contributed by atoms with Crippen molar-refractivity contribution in [1.82, 2.24) is 0 Å². The lowest BCUT2D eigenvalue weighted by Gasteiger charge is -2.06. The highest BCUT2D eigenvalue weighted by Crippen LogP contribution is 2.19. The van der Waals surface area contributed by atoms with Gasteiger partial charge in [-0.15, -0.1) is 6.58 Å². The van der Waals surface area contributed by atoms with E-state index in [4.69, 9.17) is 4.74 Å². The second-order valence-electron chi connectivity index (χ2n) is 3.35. The first kappa shape index (κ1) is 10.8. The summed E-state index contributed by atoms with van der Waals surface area (Å²) in [6.45, 7) is 3.71. The van der Waals surface area contributed by atoms with Gasteiger partial charge in [-0.3, -0.25) is 0 Å². The normalized spacial score (nSPS) is 9.79. The van der Waals surface area contributed by atoms with Gasteiger partial charge in [0, 0.05) is 0 Å². The second kappa shape index (κ2) is 6.25. The Morgan fingerprint density at radius 3 is 2.79 bits per heavy atom. The minimum absolute atomic E-state index is 1.01. The average molecular weight is 190 g/mol. The molecule has 0 aliphatic heterocycles. The lowest BCUT2D eigenvalue weighted by atomic mass is 10.1. The van der Waals surface area contributed by atoms with E-state index in [-0.39, 0.29) is 0 Å². The predicted molar refractivity (Wildman–Crippen MR) is 60.7 cm³/mol. The van der Waals surface area contributed by atoms with Crippen molar-refractivity contribution in [2.75, 3.05) is 7.11 Å². The fourth-order valence-corrected chi connectivity index (χ4v) is 1.51. The molecule has 0 spiro atoms. The Hall–Kier alpha value is -1.24. The molecule has 0 radical (unpaired) electrons. The zero-order valence-corrected chi connectivity index (χ0v) is 8.83. The summed E-state index contributed by atoms with van der Waals surface area (Å²) in [5.41, 5.74) is 1.30. The van der Waals surface area contributed by atoms with Gasteiger partial charge >= 0.3 is 0 Å². The number of hydrogen-bond donors (Lipinski definition) is 0. The van der Waals surface area contributed by atoms with Crippen LogP contribution in [0.4, 0.5) is 0 Å². The monoisotopic (exact) mass is 190 g/mol. The molecule has 0 N–H and O–H groups in total. The van der Waals surface area contributed by atoms with Crippen molar-refractivity contribution in [3.05, 3.63) is 42.5 Å². The molecule has 76 valence electrons. The first-order chi connectivity index (χ1) is 6.88. The highest BCUT2D eigenvalue weighted by Gasteiger charge is 1.99. The minimum Gasteiger partial charge on any atom is -0.496 e. The lowest BCUT2D eigenvalue weighted by molar-refractivity contribution is 0.409. The summed E-state index contributed by atoms with van der Waals surface area (Å²) in [6.07, 6.45) is 6.59. The smallest absolute Gasteiger partial charge is 0.122 e. The molecule has 0 heterocycles. The van der Waals surface area contributed by atoms with Crippen LogP contribution in [0.2, 0.25) is 0 Å². The second-order valence-corrected chi connectivity index (χ2v) is 3.35. The van der Waals surface area contributed by atoms with Gasteiger partial charge in [0.05, 0.1) is 7.11 Å². The summed E-state index contributed by atoms with van der Waals surface area (Å²) in [7, 11) is 1.72. The van der Waals surface area contributed by atoms with Gasteiger partial charge < -0.3 is 4.74 Å². The highest BCUT2D eigenvalue weighted by molar-refractivity contribution is 5.33. The van der Waals surface area contributed by atoms with Crippen LogP contribution in [0.1, 0.15) is 24.8 Å². The maximum atomic E-state index is 5.28. The van der Waals surface area contributed by atoms with Crippen molar-refractivity contribution in [3.63, 3.8) is 0 Å². The number of unbranched alkanes of at least 4 members (excludes halogenated alkanes) is 2. The molecule has 1 nitrogen and oxygen atoms in total. The number of methoxy groups -OCH3 is 1. The minimum atomic E-state index is 1.01. The number of allylic oxidation sites excluding steroid dienone is 1. The molecule has 1 rings (SSSR count). The standard InChI is InChI=1S/C13H18O/c1-3-4-5-6-9-12-10-7-8-11-13(12)14-2/h3,7-8,10-11H,1,4-6,9H2,2H3. The quantitative estimate of drug-likeness (QED) is 0.492. The molecule has 0 amide bonds. The van der Waals surface area contributed by atoms with Crippen LogP contribution in [0.3, 0.4) is 0 Å². The van der Waals surface area contributed by atoms with Crippen LogP contribution in [0.15, 0.2) is 36.9 Å². The van der Waals surface area contributed by atoms with Crippen LogP contribution in [0, 0.1) is 0 Å². The van der Waals surface area contributed by atoms with Gasteiger partial charge in [-0.05, 0) is 37.3 Å². The summed E-state index contributed by atoms with van der Waals surface area (Å²) in [4.78, 5) is 0. The van der Waals surface area contributed by atoms with E-state index in [0.717, 1.165) is 18.6 Å². The molecule has 0 saturated heterocycles. The van der Waals surface area contributed by atoms with Crippen molar-refractivity contribution in [2.24, 2.45) is 0 Å². The van der Waals surface area contributed by atoms with Crippen LogP contribution in [0.25, 0.3) is 0 Å². The zero-order chi connectivity index (χ0) is 10.2. The summed E-state index contributed by atoms with van der Waals surface area (Å²) in [5, 5.41) is 0. The number of ether oxygens (including phenoxy) is 1. The van der Waals surface area contributed by atoms with Gasteiger partial charge in [-0.1, -0.05) is 24.3 Å². The van der Waals surface area contributed by atoms with Crippen LogP contribution in [-0.2, 0) is 6.42 Å². The van der Waals surface area contributed by atoms with Gasteiger partial charge in [-0.25, -0.2) is 0 Å². The number of aryl methyl sites for hydroxylation is 1. The van der Waals surface area contributed by atoms with Crippen molar-refractivity contribution >= 4 is 0 Å².